The first-order chi connectivity index (χ1) is 9.36. The van der Waals surface area contributed by atoms with Crippen LogP contribution >= 0.6 is 0 Å². The quantitative estimate of drug-likeness (QED) is 0.900. The van der Waals surface area contributed by atoms with Crippen molar-refractivity contribution in [3.63, 3.8) is 0 Å². The largest absolute Gasteiger partial charge is 0.364 e. The SMILES string of the molecule is CCN(c1ccccc1C)C1(CN)CC(C)(C)CC1C. The molecule has 1 fully saturated rings. The lowest BCUT2D eigenvalue weighted by Gasteiger charge is -2.46. The van der Waals surface area contributed by atoms with Gasteiger partial charge < -0.3 is 10.6 Å². The predicted molar refractivity (Wildman–Crippen MR) is 88.2 cm³/mol. The molecule has 0 saturated heterocycles. The van der Waals surface area contributed by atoms with E-state index in [1.165, 1.54) is 24.1 Å². The molecule has 1 saturated carbocycles. The molecule has 20 heavy (non-hydrogen) atoms. The molecule has 0 heterocycles. The van der Waals surface area contributed by atoms with Crippen LogP contribution in [-0.4, -0.2) is 18.6 Å². The molecule has 1 aromatic rings. The molecule has 2 N–H and O–H groups in total. The summed E-state index contributed by atoms with van der Waals surface area (Å²) < 4.78 is 0. The topological polar surface area (TPSA) is 29.3 Å². The highest BCUT2D eigenvalue weighted by atomic mass is 15.2. The van der Waals surface area contributed by atoms with Crippen LogP contribution in [0.1, 0.15) is 46.1 Å². The Bertz CT molecular complexity index is 466. The van der Waals surface area contributed by atoms with Crippen LogP contribution in [0.3, 0.4) is 0 Å². The van der Waals surface area contributed by atoms with Crippen molar-refractivity contribution in [3.05, 3.63) is 29.8 Å². The van der Waals surface area contributed by atoms with E-state index in [1.807, 2.05) is 0 Å². The number of hydrogen-bond donors (Lipinski definition) is 1. The maximum Gasteiger partial charge on any atom is 0.0554 e. The van der Waals surface area contributed by atoms with Crippen LogP contribution in [0.4, 0.5) is 5.69 Å². The van der Waals surface area contributed by atoms with Crippen LogP contribution in [-0.2, 0) is 0 Å². The van der Waals surface area contributed by atoms with Gasteiger partial charge in [-0.2, -0.15) is 0 Å². The van der Waals surface area contributed by atoms with Gasteiger partial charge in [0.1, 0.15) is 0 Å². The fraction of sp³-hybridized carbons (Fsp3) is 0.667. The molecule has 0 bridgehead atoms. The molecule has 2 nitrogen and oxygen atoms in total. The highest BCUT2D eigenvalue weighted by Gasteiger charge is 2.51. The summed E-state index contributed by atoms with van der Waals surface area (Å²) >= 11 is 0. The molecule has 0 aliphatic heterocycles. The van der Waals surface area contributed by atoms with Crippen LogP contribution in [0.15, 0.2) is 24.3 Å². The Balaban J connectivity index is 2.46. The number of rotatable bonds is 4. The third-order valence-electron chi connectivity index (χ3n) is 5.17. The van der Waals surface area contributed by atoms with E-state index in [2.05, 4.69) is 63.8 Å². The van der Waals surface area contributed by atoms with Crippen LogP contribution in [0.2, 0.25) is 0 Å². The van der Waals surface area contributed by atoms with Gasteiger partial charge in [0.15, 0.2) is 0 Å². The maximum atomic E-state index is 6.30. The van der Waals surface area contributed by atoms with Crippen LogP contribution in [0.5, 0.6) is 0 Å². The number of nitrogens with two attached hydrogens (primary N) is 1. The lowest BCUT2D eigenvalue weighted by atomic mass is 9.84. The Kier molecular flexibility index (Phi) is 4.15. The fourth-order valence-corrected chi connectivity index (χ4v) is 4.43. The minimum Gasteiger partial charge on any atom is -0.364 e. The Labute approximate surface area is 124 Å². The van der Waals surface area contributed by atoms with Gasteiger partial charge in [0.2, 0.25) is 0 Å². The molecule has 0 amide bonds. The van der Waals surface area contributed by atoms with Crippen LogP contribution < -0.4 is 10.6 Å². The number of aryl methyl sites for hydroxylation is 1. The third kappa shape index (κ3) is 2.46. The number of hydrogen-bond acceptors (Lipinski definition) is 2. The second kappa shape index (κ2) is 5.40. The van der Waals surface area contributed by atoms with Gasteiger partial charge >= 0.3 is 0 Å². The molecule has 2 unspecified atom stereocenters. The van der Waals surface area contributed by atoms with Crippen LogP contribution in [0, 0.1) is 18.3 Å². The molecular formula is C18H30N2. The monoisotopic (exact) mass is 274 g/mol. The summed E-state index contributed by atoms with van der Waals surface area (Å²) in [6, 6.07) is 8.70. The van der Waals surface area contributed by atoms with Crippen molar-refractivity contribution in [2.75, 3.05) is 18.0 Å². The first-order valence-electron chi connectivity index (χ1n) is 7.89. The van der Waals surface area contributed by atoms with Gasteiger partial charge in [0.05, 0.1) is 5.54 Å². The maximum absolute atomic E-state index is 6.30. The van der Waals surface area contributed by atoms with Crippen molar-refractivity contribution in [3.8, 4) is 0 Å². The van der Waals surface area contributed by atoms with Crippen molar-refractivity contribution in [1.29, 1.82) is 0 Å². The Morgan fingerprint density at radius 3 is 2.40 bits per heavy atom. The Hall–Kier alpha value is -1.02. The highest BCUT2D eigenvalue weighted by Crippen LogP contribution is 2.51. The van der Waals surface area contributed by atoms with E-state index in [0.29, 0.717) is 11.3 Å². The van der Waals surface area contributed by atoms with Crippen molar-refractivity contribution < 1.29 is 0 Å². The summed E-state index contributed by atoms with van der Waals surface area (Å²) in [6.07, 6.45) is 2.44. The second-order valence-electron chi connectivity index (χ2n) is 7.28. The van der Waals surface area contributed by atoms with E-state index < -0.39 is 0 Å². The molecule has 2 rings (SSSR count). The predicted octanol–water partition coefficient (Wildman–Crippen LogP) is 3.97. The molecule has 1 aliphatic rings. The highest BCUT2D eigenvalue weighted by molar-refractivity contribution is 5.56. The van der Waals surface area contributed by atoms with E-state index >= 15 is 0 Å². The van der Waals surface area contributed by atoms with E-state index in [1.54, 1.807) is 0 Å². The summed E-state index contributed by atoms with van der Waals surface area (Å²) in [4.78, 5) is 2.57. The van der Waals surface area contributed by atoms with Gasteiger partial charge in [0, 0.05) is 18.8 Å². The third-order valence-corrected chi connectivity index (χ3v) is 5.17. The summed E-state index contributed by atoms with van der Waals surface area (Å²) in [7, 11) is 0. The Morgan fingerprint density at radius 2 is 1.95 bits per heavy atom. The summed E-state index contributed by atoms with van der Waals surface area (Å²) in [5.74, 6) is 0.627. The van der Waals surface area contributed by atoms with Crippen molar-refractivity contribution in [1.82, 2.24) is 0 Å². The lowest BCUT2D eigenvalue weighted by Crippen LogP contribution is -2.56. The van der Waals surface area contributed by atoms with E-state index in [4.69, 9.17) is 5.73 Å². The summed E-state index contributed by atoms with van der Waals surface area (Å²) in [5.41, 5.74) is 9.49. The lowest BCUT2D eigenvalue weighted by molar-refractivity contribution is 0.306. The minimum atomic E-state index is 0.102. The average molecular weight is 274 g/mol. The molecule has 1 aromatic carbocycles. The molecule has 0 radical (unpaired) electrons. The number of anilines is 1. The number of para-hydroxylation sites is 1. The van der Waals surface area contributed by atoms with E-state index in [9.17, 15) is 0 Å². The molecular weight excluding hydrogens is 244 g/mol. The van der Waals surface area contributed by atoms with Gasteiger partial charge in [-0.3, -0.25) is 0 Å². The number of likely N-dealkylation sites (N-methyl/N-ethyl adjacent to an activating group) is 1. The van der Waals surface area contributed by atoms with Gasteiger partial charge in [0.25, 0.3) is 0 Å². The van der Waals surface area contributed by atoms with Crippen molar-refractivity contribution >= 4 is 5.69 Å². The van der Waals surface area contributed by atoms with Crippen LogP contribution in [0.25, 0.3) is 0 Å². The molecule has 2 atom stereocenters. The Morgan fingerprint density at radius 1 is 1.30 bits per heavy atom. The molecule has 1 aliphatic carbocycles. The number of nitrogens with zero attached hydrogens (tertiary/aromatic N) is 1. The van der Waals surface area contributed by atoms with Gasteiger partial charge in [-0.25, -0.2) is 0 Å². The molecule has 112 valence electrons. The molecule has 0 spiro atoms. The number of benzene rings is 1. The zero-order valence-corrected chi connectivity index (χ0v) is 13.7. The van der Waals surface area contributed by atoms with E-state index in [-0.39, 0.29) is 5.54 Å². The van der Waals surface area contributed by atoms with Gasteiger partial charge in [-0.1, -0.05) is 39.0 Å². The van der Waals surface area contributed by atoms with E-state index in [0.717, 1.165) is 13.1 Å². The van der Waals surface area contributed by atoms with Crippen molar-refractivity contribution in [2.45, 2.75) is 53.0 Å². The standard InChI is InChI=1S/C18H30N2/c1-6-20(16-10-8-7-9-14(16)2)18(13-19)12-17(4,5)11-15(18)3/h7-10,15H,6,11-13,19H2,1-5H3. The zero-order chi connectivity index (χ0) is 15.0. The van der Waals surface area contributed by atoms with Gasteiger partial charge in [-0.05, 0) is 49.7 Å². The first kappa shape index (κ1) is 15.4. The molecule has 0 aromatic heterocycles. The average Bonchev–Trinajstić information content (AvgIpc) is 2.63. The second-order valence-corrected chi connectivity index (χ2v) is 7.28. The zero-order valence-electron chi connectivity index (χ0n) is 13.7. The normalized spacial score (nSPS) is 28.6. The summed E-state index contributed by atoms with van der Waals surface area (Å²) in [6.45, 7) is 13.3. The minimum absolute atomic E-state index is 0.102. The fourth-order valence-electron chi connectivity index (χ4n) is 4.43. The molecule has 2 heteroatoms. The summed E-state index contributed by atoms with van der Waals surface area (Å²) in [5, 5.41) is 0. The van der Waals surface area contributed by atoms with Crippen molar-refractivity contribution in [2.24, 2.45) is 17.1 Å². The smallest absolute Gasteiger partial charge is 0.0554 e. The van der Waals surface area contributed by atoms with Gasteiger partial charge in [-0.15, -0.1) is 0 Å². The first-order valence-corrected chi connectivity index (χ1v) is 7.89.